The summed E-state index contributed by atoms with van der Waals surface area (Å²) in [5.41, 5.74) is 2.95. The van der Waals surface area contributed by atoms with E-state index in [1.807, 2.05) is 0 Å². The van der Waals surface area contributed by atoms with E-state index < -0.39 is 0 Å². The summed E-state index contributed by atoms with van der Waals surface area (Å²) in [5.74, 6) is 0. The van der Waals surface area contributed by atoms with E-state index in [0.29, 0.717) is 12.2 Å². The van der Waals surface area contributed by atoms with Crippen molar-refractivity contribution in [1.29, 1.82) is 0 Å². The van der Waals surface area contributed by atoms with Crippen LogP contribution in [0.5, 0.6) is 0 Å². The Labute approximate surface area is 111 Å². The van der Waals surface area contributed by atoms with E-state index in [1.54, 1.807) is 0 Å². The van der Waals surface area contributed by atoms with Gasteiger partial charge in [0.2, 0.25) is 0 Å². The number of aryl methyl sites for hydroxylation is 1. The summed E-state index contributed by atoms with van der Waals surface area (Å²) in [6.45, 7) is 0. The Morgan fingerprint density at radius 3 is 2.63 bits per heavy atom. The third kappa shape index (κ3) is 1.34. The molecule has 3 aromatic carbocycles. The maximum absolute atomic E-state index is 5.74. The number of benzene rings is 3. The second-order valence-corrected chi connectivity index (χ2v) is 5.69. The normalized spacial score (nSPS) is 24.2. The van der Waals surface area contributed by atoms with Crippen molar-refractivity contribution >= 4 is 21.5 Å². The number of epoxide rings is 1. The van der Waals surface area contributed by atoms with Crippen molar-refractivity contribution in [3.63, 3.8) is 0 Å². The maximum Gasteiger partial charge on any atom is 0.109 e. The molecule has 0 N–H and O–H groups in total. The number of rotatable bonds is 0. The molecule has 0 unspecified atom stereocenters. The molecule has 2 atom stereocenters. The molecule has 2 aliphatic rings. The summed E-state index contributed by atoms with van der Waals surface area (Å²) in [4.78, 5) is 0. The van der Waals surface area contributed by atoms with E-state index in [-0.39, 0.29) is 0 Å². The average Bonchev–Trinajstić information content (AvgIpc) is 3.24. The van der Waals surface area contributed by atoms with Crippen molar-refractivity contribution in [3.05, 3.63) is 59.7 Å². The predicted octanol–water partition coefficient (Wildman–Crippen LogP) is 4.38. The molecular formula is C18H14O. The molecule has 5 rings (SSSR count). The van der Waals surface area contributed by atoms with Crippen LogP contribution < -0.4 is 0 Å². The standard InChI is InChI=1S/C18H14O/c1-2-4-12-10-16-13(9-11(12)3-1)5-6-15-14(16)7-8-17-18(15)19-17/h1-6,9-10,17-18H,7-8H2/t17-,18-/m1/s1. The fraction of sp³-hybridized carbons (Fsp3) is 0.222. The highest BCUT2D eigenvalue weighted by Gasteiger charge is 2.44. The number of fused-ring (bicyclic) bond motifs is 6. The first-order valence-corrected chi connectivity index (χ1v) is 7.00. The summed E-state index contributed by atoms with van der Waals surface area (Å²) in [7, 11) is 0. The second-order valence-electron chi connectivity index (χ2n) is 5.69. The molecular weight excluding hydrogens is 232 g/mol. The van der Waals surface area contributed by atoms with E-state index in [0.717, 1.165) is 6.42 Å². The lowest BCUT2D eigenvalue weighted by Gasteiger charge is -2.15. The molecule has 0 saturated carbocycles. The lowest BCUT2D eigenvalue weighted by Crippen LogP contribution is -2.04. The van der Waals surface area contributed by atoms with Crippen molar-refractivity contribution in [2.24, 2.45) is 0 Å². The summed E-state index contributed by atoms with van der Waals surface area (Å²) in [6.07, 6.45) is 3.24. The Morgan fingerprint density at radius 2 is 1.74 bits per heavy atom. The Balaban J connectivity index is 1.89. The fourth-order valence-corrected chi connectivity index (χ4v) is 3.56. The van der Waals surface area contributed by atoms with Gasteiger partial charge in [-0.05, 0) is 57.6 Å². The van der Waals surface area contributed by atoms with Crippen LogP contribution in [0.15, 0.2) is 48.5 Å². The van der Waals surface area contributed by atoms with Crippen molar-refractivity contribution < 1.29 is 4.74 Å². The van der Waals surface area contributed by atoms with E-state index in [2.05, 4.69) is 48.5 Å². The highest BCUT2D eigenvalue weighted by molar-refractivity contribution is 6.00. The molecule has 0 bridgehead atoms. The zero-order chi connectivity index (χ0) is 12.4. The molecule has 1 fully saturated rings. The van der Waals surface area contributed by atoms with Crippen LogP contribution in [0.1, 0.15) is 23.7 Å². The fourth-order valence-electron chi connectivity index (χ4n) is 3.56. The summed E-state index contributed by atoms with van der Waals surface area (Å²) >= 11 is 0. The van der Waals surface area contributed by atoms with Gasteiger partial charge in [0.25, 0.3) is 0 Å². The maximum atomic E-state index is 5.74. The molecule has 1 aliphatic heterocycles. The van der Waals surface area contributed by atoms with Gasteiger partial charge < -0.3 is 4.74 Å². The van der Waals surface area contributed by atoms with E-state index >= 15 is 0 Å². The van der Waals surface area contributed by atoms with Gasteiger partial charge in [-0.15, -0.1) is 0 Å². The van der Waals surface area contributed by atoms with Gasteiger partial charge in [0.05, 0.1) is 6.10 Å². The minimum atomic E-state index is 0.389. The zero-order valence-electron chi connectivity index (χ0n) is 10.6. The molecule has 3 aromatic rings. The van der Waals surface area contributed by atoms with Gasteiger partial charge in [-0.2, -0.15) is 0 Å². The van der Waals surface area contributed by atoms with E-state index in [4.69, 9.17) is 4.74 Å². The molecule has 0 aromatic heterocycles. The Hall–Kier alpha value is -1.86. The first kappa shape index (κ1) is 9.99. The van der Waals surface area contributed by atoms with Crippen LogP contribution in [0.4, 0.5) is 0 Å². The first-order valence-electron chi connectivity index (χ1n) is 7.00. The monoisotopic (exact) mass is 246 g/mol. The third-order valence-electron chi connectivity index (χ3n) is 4.60. The quantitative estimate of drug-likeness (QED) is 0.423. The highest BCUT2D eigenvalue weighted by atomic mass is 16.6. The van der Waals surface area contributed by atoms with Crippen LogP contribution >= 0.6 is 0 Å². The average molecular weight is 246 g/mol. The molecule has 19 heavy (non-hydrogen) atoms. The van der Waals surface area contributed by atoms with Crippen LogP contribution in [0.3, 0.4) is 0 Å². The zero-order valence-corrected chi connectivity index (χ0v) is 10.6. The minimum absolute atomic E-state index is 0.389. The van der Waals surface area contributed by atoms with Gasteiger partial charge in [0.1, 0.15) is 6.10 Å². The summed E-state index contributed by atoms with van der Waals surface area (Å²) in [6, 6.07) is 17.8. The second kappa shape index (κ2) is 3.37. The van der Waals surface area contributed by atoms with Crippen LogP contribution in [0.25, 0.3) is 21.5 Å². The lowest BCUT2D eigenvalue weighted by molar-refractivity contribution is 0.373. The van der Waals surface area contributed by atoms with Crippen LogP contribution in [-0.4, -0.2) is 6.10 Å². The van der Waals surface area contributed by atoms with Crippen LogP contribution in [0.2, 0.25) is 0 Å². The Kier molecular flexibility index (Phi) is 1.77. The van der Waals surface area contributed by atoms with Crippen molar-refractivity contribution in [1.82, 2.24) is 0 Å². The largest absolute Gasteiger partial charge is 0.364 e. The molecule has 1 saturated heterocycles. The van der Waals surface area contributed by atoms with Gasteiger partial charge >= 0.3 is 0 Å². The third-order valence-corrected chi connectivity index (χ3v) is 4.60. The summed E-state index contributed by atoms with van der Waals surface area (Å²) < 4.78 is 5.74. The van der Waals surface area contributed by atoms with E-state index in [9.17, 15) is 0 Å². The van der Waals surface area contributed by atoms with Crippen LogP contribution in [0, 0.1) is 0 Å². The number of ether oxygens (including phenoxy) is 1. The van der Waals surface area contributed by atoms with Crippen LogP contribution in [-0.2, 0) is 11.2 Å². The molecule has 0 amide bonds. The molecule has 1 heterocycles. The van der Waals surface area contributed by atoms with Crippen molar-refractivity contribution in [2.45, 2.75) is 25.0 Å². The van der Waals surface area contributed by atoms with Gasteiger partial charge in [-0.25, -0.2) is 0 Å². The van der Waals surface area contributed by atoms with E-state index in [1.165, 1.54) is 39.1 Å². The molecule has 0 spiro atoms. The number of hydrogen-bond acceptors (Lipinski definition) is 1. The molecule has 0 radical (unpaired) electrons. The molecule has 1 heteroatoms. The molecule has 92 valence electrons. The van der Waals surface area contributed by atoms with Gasteiger partial charge in [-0.3, -0.25) is 0 Å². The SMILES string of the molecule is c1ccc2cc3c4c(ccc3cc2c1)[C@H]1O[C@@H]1CC4. The smallest absolute Gasteiger partial charge is 0.109 e. The minimum Gasteiger partial charge on any atom is -0.364 e. The molecule has 1 nitrogen and oxygen atoms in total. The highest BCUT2D eigenvalue weighted by Crippen LogP contribution is 2.48. The summed E-state index contributed by atoms with van der Waals surface area (Å²) in [5, 5.41) is 5.44. The van der Waals surface area contributed by atoms with Gasteiger partial charge in [0, 0.05) is 0 Å². The van der Waals surface area contributed by atoms with Gasteiger partial charge in [0.15, 0.2) is 0 Å². The van der Waals surface area contributed by atoms with Crippen molar-refractivity contribution in [3.8, 4) is 0 Å². The first-order chi connectivity index (χ1) is 9.40. The van der Waals surface area contributed by atoms with Crippen molar-refractivity contribution in [2.75, 3.05) is 0 Å². The topological polar surface area (TPSA) is 12.5 Å². The molecule has 1 aliphatic carbocycles. The number of hydrogen-bond donors (Lipinski definition) is 0. The lowest BCUT2D eigenvalue weighted by atomic mass is 9.87. The van der Waals surface area contributed by atoms with Gasteiger partial charge in [-0.1, -0.05) is 36.4 Å². The predicted molar refractivity (Wildman–Crippen MR) is 77.4 cm³/mol. The Bertz CT molecular complexity index is 818. The Morgan fingerprint density at radius 1 is 0.895 bits per heavy atom.